The van der Waals surface area contributed by atoms with Gasteiger partial charge in [0.25, 0.3) is 0 Å². The van der Waals surface area contributed by atoms with Gasteiger partial charge in [0.15, 0.2) is 0 Å². The molecule has 0 aliphatic heterocycles. The smallest absolute Gasteiger partial charge is 0.335 e. The first kappa shape index (κ1) is 21.8. The van der Waals surface area contributed by atoms with Gasteiger partial charge >= 0.3 is 5.97 Å². The van der Waals surface area contributed by atoms with Gasteiger partial charge in [-0.05, 0) is 62.2 Å². The van der Waals surface area contributed by atoms with Crippen molar-refractivity contribution < 1.29 is 15.2 Å². The second-order valence-electron chi connectivity index (χ2n) is 9.36. The number of carbonyl (C=O) groups is 1. The van der Waals surface area contributed by atoms with Crippen LogP contribution in [0, 0.1) is 0 Å². The molecule has 0 heterocycles. The standard InChI is InChI=1S/C29H29NO2/c1-29(2,3)24-12-8-19(9-13-24)26-7-5-6-20-16-21(10-15-27(20)26)25-14-11-22(28(31)32)17-23(25)18-30-4/h5-17,30H,18H2,1-4H3,(H,31,32)/p+1. The number of benzene rings is 4. The van der Waals surface area contributed by atoms with Crippen LogP contribution in [0.3, 0.4) is 0 Å². The highest BCUT2D eigenvalue weighted by Crippen LogP contribution is 2.34. The van der Waals surface area contributed by atoms with Crippen LogP contribution in [0.25, 0.3) is 33.0 Å². The minimum absolute atomic E-state index is 0.135. The van der Waals surface area contributed by atoms with E-state index in [4.69, 9.17) is 0 Å². The molecule has 3 N–H and O–H groups in total. The van der Waals surface area contributed by atoms with Crippen molar-refractivity contribution in [1.82, 2.24) is 0 Å². The third-order valence-corrected chi connectivity index (χ3v) is 6.03. The SMILES string of the molecule is C[NH2+]Cc1cc(C(=O)O)ccc1-c1ccc2c(-c3ccc(C(C)(C)C)cc3)cccc2c1. The molecule has 0 saturated heterocycles. The molecule has 0 unspecified atom stereocenters. The average Bonchev–Trinajstić information content (AvgIpc) is 2.78. The molecule has 162 valence electrons. The highest BCUT2D eigenvalue weighted by Gasteiger charge is 2.15. The highest BCUT2D eigenvalue weighted by atomic mass is 16.4. The van der Waals surface area contributed by atoms with Crippen LogP contribution in [0.15, 0.2) is 78.9 Å². The number of nitrogens with two attached hydrogens (primary N) is 1. The average molecular weight is 425 g/mol. The molecule has 0 fully saturated rings. The molecule has 3 nitrogen and oxygen atoms in total. The first-order chi connectivity index (χ1) is 15.3. The molecule has 0 spiro atoms. The maximum atomic E-state index is 11.4. The molecule has 4 aromatic carbocycles. The van der Waals surface area contributed by atoms with Crippen LogP contribution < -0.4 is 5.32 Å². The Balaban J connectivity index is 1.78. The molecule has 0 aliphatic carbocycles. The fraction of sp³-hybridized carbons (Fsp3) is 0.207. The molecule has 4 aromatic rings. The topological polar surface area (TPSA) is 53.9 Å². The summed E-state index contributed by atoms with van der Waals surface area (Å²) >= 11 is 0. The minimum atomic E-state index is -0.894. The Bertz CT molecular complexity index is 1280. The second-order valence-corrected chi connectivity index (χ2v) is 9.36. The van der Waals surface area contributed by atoms with Gasteiger partial charge in [-0.15, -0.1) is 0 Å². The summed E-state index contributed by atoms with van der Waals surface area (Å²) in [6.07, 6.45) is 0. The fourth-order valence-electron chi connectivity index (χ4n) is 4.25. The van der Waals surface area contributed by atoms with Gasteiger partial charge in [-0.1, -0.05) is 81.4 Å². The van der Waals surface area contributed by atoms with Gasteiger partial charge in [-0.2, -0.15) is 0 Å². The Labute approximate surface area is 189 Å². The molecule has 32 heavy (non-hydrogen) atoms. The number of aromatic carboxylic acids is 1. The number of fused-ring (bicyclic) bond motifs is 1. The summed E-state index contributed by atoms with van der Waals surface area (Å²) in [6, 6.07) is 27.2. The number of carboxylic acid groups (broad SMARTS) is 1. The van der Waals surface area contributed by atoms with Crippen molar-refractivity contribution in [2.24, 2.45) is 0 Å². The Hall–Kier alpha value is -3.43. The van der Waals surface area contributed by atoms with Crippen LogP contribution >= 0.6 is 0 Å². The summed E-state index contributed by atoms with van der Waals surface area (Å²) < 4.78 is 0. The van der Waals surface area contributed by atoms with Crippen LogP contribution in [-0.2, 0) is 12.0 Å². The molecule has 0 amide bonds. The van der Waals surface area contributed by atoms with Crippen LogP contribution in [-0.4, -0.2) is 18.1 Å². The van der Waals surface area contributed by atoms with E-state index in [0.717, 1.165) is 23.2 Å². The normalized spacial score (nSPS) is 11.6. The predicted molar refractivity (Wildman–Crippen MR) is 132 cm³/mol. The van der Waals surface area contributed by atoms with Crippen LogP contribution in [0.1, 0.15) is 42.3 Å². The van der Waals surface area contributed by atoms with E-state index in [1.165, 1.54) is 27.5 Å². The van der Waals surface area contributed by atoms with Gasteiger partial charge in [-0.25, -0.2) is 4.79 Å². The number of rotatable bonds is 5. The molecule has 0 radical (unpaired) electrons. The molecule has 0 bridgehead atoms. The second kappa shape index (κ2) is 8.60. The molecule has 0 atom stereocenters. The quantitative estimate of drug-likeness (QED) is 0.421. The number of hydrogen-bond acceptors (Lipinski definition) is 1. The minimum Gasteiger partial charge on any atom is -0.478 e. The lowest BCUT2D eigenvalue weighted by molar-refractivity contribution is -0.643. The summed E-state index contributed by atoms with van der Waals surface area (Å²) in [4.78, 5) is 11.4. The van der Waals surface area contributed by atoms with Crippen molar-refractivity contribution in [2.45, 2.75) is 32.7 Å². The van der Waals surface area contributed by atoms with Crippen LogP contribution in [0.2, 0.25) is 0 Å². The monoisotopic (exact) mass is 424 g/mol. The van der Waals surface area contributed by atoms with Crippen molar-refractivity contribution in [3.63, 3.8) is 0 Å². The molecular formula is C29H30NO2+. The van der Waals surface area contributed by atoms with Crippen LogP contribution in [0.5, 0.6) is 0 Å². The summed E-state index contributed by atoms with van der Waals surface area (Å²) in [5.41, 5.74) is 7.43. The third kappa shape index (κ3) is 4.30. The summed E-state index contributed by atoms with van der Waals surface area (Å²) in [5.74, 6) is -0.894. The lowest BCUT2D eigenvalue weighted by Crippen LogP contribution is -2.77. The van der Waals surface area contributed by atoms with E-state index in [1.54, 1.807) is 12.1 Å². The van der Waals surface area contributed by atoms with Crippen molar-refractivity contribution in [3.05, 3.63) is 95.6 Å². The first-order valence-electron chi connectivity index (χ1n) is 11.1. The van der Waals surface area contributed by atoms with Gasteiger partial charge in [0.05, 0.1) is 12.6 Å². The van der Waals surface area contributed by atoms with Crippen molar-refractivity contribution in [3.8, 4) is 22.3 Å². The van der Waals surface area contributed by atoms with Crippen molar-refractivity contribution >= 4 is 16.7 Å². The van der Waals surface area contributed by atoms with Gasteiger partial charge in [0, 0.05) is 5.56 Å². The summed E-state index contributed by atoms with van der Waals surface area (Å²) in [7, 11) is 1.99. The number of carboxylic acids is 1. The van der Waals surface area contributed by atoms with Gasteiger partial charge < -0.3 is 10.4 Å². The largest absolute Gasteiger partial charge is 0.478 e. The summed E-state index contributed by atoms with van der Waals surface area (Å²) in [6.45, 7) is 7.42. The lowest BCUT2D eigenvalue weighted by atomic mass is 9.86. The first-order valence-corrected chi connectivity index (χ1v) is 11.1. The highest BCUT2D eigenvalue weighted by molar-refractivity contribution is 5.99. The van der Waals surface area contributed by atoms with Gasteiger partial charge in [-0.3, -0.25) is 0 Å². The van der Waals surface area contributed by atoms with E-state index in [9.17, 15) is 9.90 Å². The Morgan fingerprint density at radius 3 is 2.22 bits per heavy atom. The van der Waals surface area contributed by atoms with E-state index in [0.29, 0.717) is 5.56 Å². The number of quaternary nitrogens is 1. The third-order valence-electron chi connectivity index (χ3n) is 6.03. The van der Waals surface area contributed by atoms with Crippen molar-refractivity contribution in [1.29, 1.82) is 0 Å². The molecule has 4 rings (SSSR count). The zero-order valence-electron chi connectivity index (χ0n) is 19.1. The zero-order chi connectivity index (χ0) is 22.9. The zero-order valence-corrected chi connectivity index (χ0v) is 19.1. The molecule has 3 heteroatoms. The van der Waals surface area contributed by atoms with E-state index in [-0.39, 0.29) is 5.41 Å². The van der Waals surface area contributed by atoms with E-state index in [1.807, 2.05) is 13.1 Å². The maximum Gasteiger partial charge on any atom is 0.335 e. The Morgan fingerprint density at radius 1 is 0.844 bits per heavy atom. The molecule has 0 saturated carbocycles. The van der Waals surface area contributed by atoms with E-state index >= 15 is 0 Å². The summed E-state index contributed by atoms with van der Waals surface area (Å²) in [5, 5.41) is 13.8. The lowest BCUT2D eigenvalue weighted by Gasteiger charge is -2.19. The fourth-order valence-corrected chi connectivity index (χ4v) is 4.25. The number of hydrogen-bond donors (Lipinski definition) is 2. The Kier molecular flexibility index (Phi) is 5.86. The molecule has 0 aromatic heterocycles. The maximum absolute atomic E-state index is 11.4. The Morgan fingerprint density at radius 2 is 1.56 bits per heavy atom. The van der Waals surface area contributed by atoms with E-state index < -0.39 is 5.97 Å². The predicted octanol–water partition coefficient (Wildman–Crippen LogP) is 5.86. The molecule has 0 aliphatic rings. The van der Waals surface area contributed by atoms with Gasteiger partial charge in [0.1, 0.15) is 6.54 Å². The van der Waals surface area contributed by atoms with Crippen LogP contribution in [0.4, 0.5) is 0 Å². The van der Waals surface area contributed by atoms with Crippen molar-refractivity contribution in [2.75, 3.05) is 7.05 Å². The molecular weight excluding hydrogens is 394 g/mol. The van der Waals surface area contributed by atoms with E-state index in [2.05, 4.69) is 86.8 Å². The van der Waals surface area contributed by atoms with Gasteiger partial charge in [0.2, 0.25) is 0 Å².